The topological polar surface area (TPSA) is 154 Å². The minimum atomic E-state index is -1.05. The van der Waals surface area contributed by atoms with Gasteiger partial charge in [-0.25, -0.2) is 19.7 Å². The van der Waals surface area contributed by atoms with Crippen LogP contribution < -0.4 is 10.6 Å². The number of hydrogen-bond acceptors (Lipinski definition) is 7. The van der Waals surface area contributed by atoms with Crippen LogP contribution >= 0.6 is 0 Å². The summed E-state index contributed by atoms with van der Waals surface area (Å²) in [6, 6.07) is -0.892. The van der Waals surface area contributed by atoms with Crippen molar-refractivity contribution in [3.63, 3.8) is 0 Å². The predicted molar refractivity (Wildman–Crippen MR) is 109 cm³/mol. The Labute approximate surface area is 171 Å². The van der Waals surface area contributed by atoms with Gasteiger partial charge in [-0.15, -0.1) is 0 Å². The molecule has 0 saturated heterocycles. The Hall–Kier alpha value is -3.76. The third-order valence-corrected chi connectivity index (χ3v) is 4.62. The van der Waals surface area contributed by atoms with Crippen LogP contribution in [0.4, 0.5) is 0 Å². The number of rotatable bonds is 10. The number of aliphatic carboxylic acids is 1. The summed E-state index contributed by atoms with van der Waals surface area (Å²) in [4.78, 5) is 49.8. The van der Waals surface area contributed by atoms with Gasteiger partial charge in [-0.3, -0.25) is 14.0 Å². The lowest BCUT2D eigenvalue weighted by molar-refractivity contribution is -0.141. The van der Waals surface area contributed by atoms with E-state index in [1.807, 2.05) is 6.92 Å². The molecule has 0 aliphatic carbocycles. The normalized spacial score (nSPS) is 12.8. The number of H-pyrrole nitrogens is 1. The number of nitrogens with zero attached hydrogens (tertiary/aromatic N) is 4. The Bertz CT molecular complexity index is 1110. The number of hydrogen-bond donors (Lipinski definition) is 4. The number of imidazole rings is 2. The van der Waals surface area contributed by atoms with Crippen LogP contribution in [0.15, 0.2) is 18.9 Å². The van der Waals surface area contributed by atoms with Crippen molar-refractivity contribution in [3.8, 4) is 0 Å². The van der Waals surface area contributed by atoms with E-state index in [9.17, 15) is 14.4 Å². The van der Waals surface area contributed by atoms with Crippen molar-refractivity contribution >= 4 is 40.5 Å². The predicted octanol–water partition coefficient (Wildman–Crippen LogP) is 0.803. The molecule has 0 radical (unpaired) electrons. The van der Waals surface area contributed by atoms with Crippen LogP contribution in [0.5, 0.6) is 0 Å². The van der Waals surface area contributed by atoms with Crippen molar-refractivity contribution in [2.75, 3.05) is 6.54 Å². The van der Waals surface area contributed by atoms with E-state index >= 15 is 0 Å². The van der Waals surface area contributed by atoms with Crippen LogP contribution in [-0.2, 0) is 14.4 Å². The smallest absolute Gasteiger partial charge is 0.326 e. The molecule has 11 nitrogen and oxygen atoms in total. The molecule has 0 aliphatic heterocycles. The number of fused-ring (bicyclic) bond motifs is 3. The van der Waals surface area contributed by atoms with Gasteiger partial charge in [0.1, 0.15) is 17.9 Å². The van der Waals surface area contributed by atoms with E-state index in [1.165, 1.54) is 6.92 Å². The Morgan fingerprint density at radius 3 is 2.83 bits per heavy atom. The SMILES string of the molecule is CC(=O)N[C@@H](CCCCN/C=C(\C=O)c1c(C)nc2c3[nH]cnc3ncn12)C(=O)O. The average molecular weight is 413 g/mol. The second-order valence-corrected chi connectivity index (χ2v) is 6.84. The zero-order chi connectivity index (χ0) is 21.7. The van der Waals surface area contributed by atoms with E-state index in [2.05, 4.69) is 30.6 Å². The third-order valence-electron chi connectivity index (χ3n) is 4.62. The van der Waals surface area contributed by atoms with Crippen LogP contribution in [0.2, 0.25) is 0 Å². The van der Waals surface area contributed by atoms with Crippen LogP contribution in [0, 0.1) is 6.92 Å². The molecule has 158 valence electrons. The molecule has 0 unspecified atom stereocenters. The number of aromatic nitrogens is 5. The number of carboxylic acids is 1. The van der Waals surface area contributed by atoms with Gasteiger partial charge < -0.3 is 20.7 Å². The molecule has 0 spiro atoms. The van der Waals surface area contributed by atoms with Crippen LogP contribution in [0.25, 0.3) is 22.4 Å². The van der Waals surface area contributed by atoms with Gasteiger partial charge in [-0.2, -0.15) is 0 Å². The van der Waals surface area contributed by atoms with Gasteiger partial charge in [0, 0.05) is 19.7 Å². The molecule has 0 saturated carbocycles. The average Bonchev–Trinajstić information content (AvgIpc) is 3.30. The molecule has 30 heavy (non-hydrogen) atoms. The summed E-state index contributed by atoms with van der Waals surface area (Å²) in [6.07, 6.45) is 7.10. The van der Waals surface area contributed by atoms with E-state index in [0.29, 0.717) is 59.6 Å². The second kappa shape index (κ2) is 9.16. The second-order valence-electron chi connectivity index (χ2n) is 6.84. The highest BCUT2D eigenvalue weighted by molar-refractivity contribution is 6.07. The van der Waals surface area contributed by atoms with E-state index in [4.69, 9.17) is 5.11 Å². The Morgan fingerprint density at radius 2 is 2.13 bits per heavy atom. The quantitative estimate of drug-likeness (QED) is 0.216. The molecule has 0 aliphatic rings. The van der Waals surface area contributed by atoms with Crippen molar-refractivity contribution < 1.29 is 19.5 Å². The molecule has 11 heteroatoms. The van der Waals surface area contributed by atoms with Gasteiger partial charge >= 0.3 is 5.97 Å². The summed E-state index contributed by atoms with van der Waals surface area (Å²) < 4.78 is 1.74. The number of aldehydes is 1. The first kappa shape index (κ1) is 21.0. The summed E-state index contributed by atoms with van der Waals surface area (Å²) in [5.74, 6) is -1.42. The maximum atomic E-state index is 11.7. The van der Waals surface area contributed by atoms with Gasteiger partial charge in [-0.1, -0.05) is 0 Å². The summed E-state index contributed by atoms with van der Waals surface area (Å²) in [7, 11) is 0. The monoisotopic (exact) mass is 413 g/mol. The Kier molecular flexibility index (Phi) is 6.40. The molecule has 3 heterocycles. The molecule has 0 bridgehead atoms. The maximum absolute atomic E-state index is 11.7. The number of nitrogens with one attached hydrogen (secondary N) is 3. The molecule has 1 amide bonds. The fraction of sp³-hybridized carbons (Fsp3) is 0.368. The largest absolute Gasteiger partial charge is 0.480 e. The lowest BCUT2D eigenvalue weighted by atomic mass is 10.1. The minimum absolute atomic E-state index is 0.332. The van der Waals surface area contributed by atoms with E-state index in [0.717, 1.165) is 6.29 Å². The first-order valence-corrected chi connectivity index (χ1v) is 9.48. The van der Waals surface area contributed by atoms with Crippen LogP contribution in [-0.4, -0.2) is 60.2 Å². The zero-order valence-corrected chi connectivity index (χ0v) is 16.7. The van der Waals surface area contributed by atoms with E-state index < -0.39 is 12.0 Å². The number of unbranched alkanes of at least 4 members (excludes halogenated alkanes) is 1. The van der Waals surface area contributed by atoms with Gasteiger partial charge in [0.05, 0.1) is 23.3 Å². The number of carbonyl (C=O) groups is 3. The number of aryl methyl sites for hydroxylation is 1. The highest BCUT2D eigenvalue weighted by Crippen LogP contribution is 2.22. The van der Waals surface area contributed by atoms with E-state index in [1.54, 1.807) is 23.3 Å². The number of carbonyl (C=O) groups excluding carboxylic acids is 2. The van der Waals surface area contributed by atoms with Gasteiger partial charge in [-0.05, 0) is 26.2 Å². The number of aromatic amines is 1. The third kappa shape index (κ3) is 4.45. The van der Waals surface area contributed by atoms with Gasteiger partial charge in [0.15, 0.2) is 17.6 Å². The van der Waals surface area contributed by atoms with Crippen molar-refractivity contribution in [2.45, 2.75) is 39.2 Å². The number of allylic oxidation sites excluding steroid dienone is 1. The van der Waals surface area contributed by atoms with Crippen molar-refractivity contribution in [1.29, 1.82) is 0 Å². The molecular formula is C19H23N7O4. The zero-order valence-electron chi connectivity index (χ0n) is 16.7. The first-order chi connectivity index (χ1) is 14.4. The molecule has 3 rings (SSSR count). The molecule has 1 atom stereocenters. The maximum Gasteiger partial charge on any atom is 0.326 e. The number of carboxylic acid groups (broad SMARTS) is 1. The molecule has 0 fully saturated rings. The summed E-state index contributed by atoms with van der Waals surface area (Å²) in [5, 5.41) is 14.6. The molecular weight excluding hydrogens is 390 g/mol. The summed E-state index contributed by atoms with van der Waals surface area (Å²) >= 11 is 0. The standard InChI is InChI=1S/C19H23N7O4/c1-11-16(26-10-23-17-15(18(26)24-11)21-9-22-17)13(8-27)7-20-6-4-3-5-14(19(29)30)25-12(2)28/h7-10,14,20H,3-6H2,1-2H3,(H,21,22)(H,25,28)(H,29,30)/b13-7+/t14-/m0/s1. The van der Waals surface area contributed by atoms with Crippen molar-refractivity contribution in [3.05, 3.63) is 30.2 Å². The summed E-state index contributed by atoms with van der Waals surface area (Å²) in [5.41, 5.74) is 3.61. The number of amides is 1. The Balaban J connectivity index is 1.64. The first-order valence-electron chi connectivity index (χ1n) is 9.48. The molecule has 3 aromatic rings. The van der Waals surface area contributed by atoms with Crippen LogP contribution in [0.1, 0.15) is 37.6 Å². The van der Waals surface area contributed by atoms with Crippen molar-refractivity contribution in [2.24, 2.45) is 0 Å². The molecule has 0 aromatic carbocycles. The fourth-order valence-electron chi connectivity index (χ4n) is 3.26. The minimum Gasteiger partial charge on any atom is -0.480 e. The lowest BCUT2D eigenvalue weighted by Crippen LogP contribution is -2.39. The molecule has 4 N–H and O–H groups in total. The lowest BCUT2D eigenvalue weighted by Gasteiger charge is -2.12. The van der Waals surface area contributed by atoms with Crippen molar-refractivity contribution in [1.82, 2.24) is 35.0 Å². The highest BCUT2D eigenvalue weighted by Gasteiger charge is 2.18. The Morgan fingerprint density at radius 1 is 1.33 bits per heavy atom. The van der Waals surface area contributed by atoms with Gasteiger partial charge in [0.2, 0.25) is 5.91 Å². The fourth-order valence-corrected chi connectivity index (χ4v) is 3.26. The van der Waals surface area contributed by atoms with Crippen LogP contribution in [0.3, 0.4) is 0 Å². The van der Waals surface area contributed by atoms with E-state index in [-0.39, 0.29) is 5.91 Å². The summed E-state index contributed by atoms with van der Waals surface area (Å²) in [6.45, 7) is 3.65. The molecule has 3 aromatic heterocycles. The highest BCUT2D eigenvalue weighted by atomic mass is 16.4. The van der Waals surface area contributed by atoms with Gasteiger partial charge in [0.25, 0.3) is 0 Å².